The number of carbonyl (C=O) groups is 2. The molecule has 2 amide bonds. The molecule has 0 aliphatic carbocycles. The lowest BCUT2D eigenvalue weighted by Crippen LogP contribution is -2.44. The molecule has 3 saturated heterocycles. The first-order valence-electron chi connectivity index (χ1n) is 8.96. The van der Waals surface area contributed by atoms with Gasteiger partial charge < -0.3 is 9.80 Å². The molecule has 3 fully saturated rings. The highest BCUT2D eigenvalue weighted by molar-refractivity contribution is 5.83. The average molecular weight is 322 g/mol. The van der Waals surface area contributed by atoms with Gasteiger partial charge in [-0.25, -0.2) is 0 Å². The van der Waals surface area contributed by atoms with Crippen molar-refractivity contribution >= 4 is 11.8 Å². The van der Waals surface area contributed by atoms with Crippen LogP contribution in [0.25, 0.3) is 0 Å². The maximum Gasteiger partial charge on any atom is 0.239 e. The molecule has 0 unspecified atom stereocenters. The largest absolute Gasteiger partial charge is 0.344 e. The monoisotopic (exact) mass is 322 g/mol. The Hall–Kier alpha value is -1.14. The summed E-state index contributed by atoms with van der Waals surface area (Å²) in [4.78, 5) is 32.7. The van der Waals surface area contributed by atoms with E-state index in [0.29, 0.717) is 12.0 Å². The Labute approximate surface area is 139 Å². The maximum absolute atomic E-state index is 12.3. The summed E-state index contributed by atoms with van der Waals surface area (Å²) < 4.78 is 0. The van der Waals surface area contributed by atoms with E-state index in [0.717, 1.165) is 58.7 Å². The number of amides is 2. The fourth-order valence-corrected chi connectivity index (χ4v) is 4.44. The summed E-state index contributed by atoms with van der Waals surface area (Å²) in [5.41, 5.74) is 0. The Kier molecular flexibility index (Phi) is 4.92. The maximum atomic E-state index is 12.3. The van der Waals surface area contributed by atoms with Crippen molar-refractivity contribution in [2.75, 3.05) is 52.9 Å². The highest BCUT2D eigenvalue weighted by atomic mass is 16.2. The quantitative estimate of drug-likeness (QED) is 0.723. The van der Waals surface area contributed by atoms with E-state index < -0.39 is 0 Å². The van der Waals surface area contributed by atoms with Crippen molar-refractivity contribution in [3.63, 3.8) is 0 Å². The molecule has 3 heterocycles. The van der Waals surface area contributed by atoms with Gasteiger partial charge in [0.25, 0.3) is 0 Å². The van der Waals surface area contributed by atoms with Crippen LogP contribution >= 0.6 is 0 Å². The van der Waals surface area contributed by atoms with E-state index in [-0.39, 0.29) is 17.9 Å². The van der Waals surface area contributed by atoms with E-state index >= 15 is 0 Å². The fraction of sp³-hybridized carbons (Fsp3) is 0.882. The summed E-state index contributed by atoms with van der Waals surface area (Å²) in [6.07, 6.45) is 2.01. The lowest BCUT2D eigenvalue weighted by Gasteiger charge is -2.30. The van der Waals surface area contributed by atoms with Crippen molar-refractivity contribution in [2.24, 2.45) is 5.92 Å². The number of hydrogen-bond acceptors (Lipinski definition) is 4. The van der Waals surface area contributed by atoms with Gasteiger partial charge >= 0.3 is 0 Å². The molecule has 23 heavy (non-hydrogen) atoms. The minimum atomic E-state index is 0.0909. The Morgan fingerprint density at radius 1 is 1.04 bits per heavy atom. The van der Waals surface area contributed by atoms with Crippen LogP contribution in [-0.2, 0) is 9.59 Å². The number of likely N-dealkylation sites (N-methyl/N-ethyl adjacent to an activating group) is 1. The van der Waals surface area contributed by atoms with Crippen LogP contribution in [0, 0.1) is 5.92 Å². The molecule has 130 valence electrons. The normalized spacial score (nSPS) is 34.2. The van der Waals surface area contributed by atoms with Gasteiger partial charge in [0.2, 0.25) is 11.8 Å². The molecule has 6 nitrogen and oxygen atoms in total. The van der Waals surface area contributed by atoms with E-state index in [1.165, 1.54) is 0 Å². The van der Waals surface area contributed by atoms with Crippen LogP contribution in [0.2, 0.25) is 0 Å². The number of carbonyl (C=O) groups excluding carboxylic acids is 2. The van der Waals surface area contributed by atoms with Crippen LogP contribution in [0.4, 0.5) is 0 Å². The third kappa shape index (κ3) is 3.38. The van der Waals surface area contributed by atoms with Crippen LogP contribution < -0.4 is 0 Å². The van der Waals surface area contributed by atoms with Gasteiger partial charge in [0.15, 0.2) is 0 Å². The van der Waals surface area contributed by atoms with E-state index in [4.69, 9.17) is 0 Å². The number of nitrogens with zero attached hydrogens (tertiary/aromatic N) is 4. The van der Waals surface area contributed by atoms with Crippen molar-refractivity contribution in [1.29, 1.82) is 0 Å². The lowest BCUT2D eigenvalue weighted by atomic mass is 10.0. The minimum Gasteiger partial charge on any atom is -0.344 e. The predicted octanol–water partition coefficient (Wildman–Crippen LogP) is 0.0916. The molecular weight excluding hydrogens is 292 g/mol. The molecule has 0 saturated carbocycles. The summed E-state index contributed by atoms with van der Waals surface area (Å²) >= 11 is 0. The topological polar surface area (TPSA) is 47.1 Å². The SMILES string of the molecule is CC(=O)N1CCCN([C@@H]2CN([C@H]3CCN(C)C3=O)C[C@H]2C)CC1. The summed E-state index contributed by atoms with van der Waals surface area (Å²) in [5, 5.41) is 0. The van der Waals surface area contributed by atoms with Gasteiger partial charge in [-0.15, -0.1) is 0 Å². The summed E-state index contributed by atoms with van der Waals surface area (Å²) in [5.74, 6) is 1.06. The second-order valence-corrected chi connectivity index (χ2v) is 7.46. The van der Waals surface area contributed by atoms with Gasteiger partial charge in [-0.1, -0.05) is 6.92 Å². The smallest absolute Gasteiger partial charge is 0.239 e. The molecule has 3 aliphatic rings. The van der Waals surface area contributed by atoms with Crippen LogP contribution in [0.15, 0.2) is 0 Å². The van der Waals surface area contributed by atoms with Crippen LogP contribution in [0.5, 0.6) is 0 Å². The molecule has 0 N–H and O–H groups in total. The summed E-state index contributed by atoms with van der Waals surface area (Å²) in [6.45, 7) is 10.6. The molecule has 0 spiro atoms. The molecule has 3 rings (SSSR count). The standard InChI is InChI=1S/C17H30N4O2/c1-13-11-21(15-5-8-18(3)17(15)23)12-16(13)20-7-4-6-19(9-10-20)14(2)22/h13,15-16H,4-12H2,1-3H3/t13-,15+,16-/m1/s1. The Morgan fingerprint density at radius 2 is 1.83 bits per heavy atom. The van der Waals surface area contributed by atoms with E-state index in [9.17, 15) is 9.59 Å². The molecule has 0 aromatic heterocycles. The first kappa shape index (κ1) is 16.7. The first-order chi connectivity index (χ1) is 11.0. The van der Waals surface area contributed by atoms with E-state index in [1.807, 2.05) is 16.8 Å². The molecule has 0 aromatic rings. The zero-order valence-corrected chi connectivity index (χ0v) is 14.7. The molecule has 0 aromatic carbocycles. The zero-order valence-electron chi connectivity index (χ0n) is 14.7. The molecule has 3 atom stereocenters. The lowest BCUT2D eigenvalue weighted by molar-refractivity contribution is -0.131. The fourth-order valence-electron chi connectivity index (χ4n) is 4.44. The first-order valence-corrected chi connectivity index (χ1v) is 8.96. The summed E-state index contributed by atoms with van der Waals surface area (Å²) in [6, 6.07) is 0.605. The van der Waals surface area contributed by atoms with E-state index in [2.05, 4.69) is 16.7 Å². The number of likely N-dealkylation sites (tertiary alicyclic amines) is 2. The van der Waals surface area contributed by atoms with E-state index in [1.54, 1.807) is 6.92 Å². The van der Waals surface area contributed by atoms with Crippen molar-refractivity contribution in [3.8, 4) is 0 Å². The Bertz CT molecular complexity index is 470. The van der Waals surface area contributed by atoms with Gasteiger partial charge in [-0.3, -0.25) is 19.4 Å². The highest BCUT2D eigenvalue weighted by Crippen LogP contribution is 2.28. The molecule has 3 aliphatic heterocycles. The second-order valence-electron chi connectivity index (χ2n) is 7.46. The third-order valence-corrected chi connectivity index (χ3v) is 5.89. The van der Waals surface area contributed by atoms with Crippen LogP contribution in [0.3, 0.4) is 0 Å². The number of hydrogen-bond donors (Lipinski definition) is 0. The molecule has 0 bridgehead atoms. The van der Waals surface area contributed by atoms with Crippen molar-refractivity contribution in [1.82, 2.24) is 19.6 Å². The van der Waals surface area contributed by atoms with Crippen LogP contribution in [0.1, 0.15) is 26.7 Å². The zero-order chi connectivity index (χ0) is 16.6. The molecule has 6 heteroatoms. The van der Waals surface area contributed by atoms with Crippen molar-refractivity contribution in [2.45, 2.75) is 38.8 Å². The predicted molar refractivity (Wildman–Crippen MR) is 89.0 cm³/mol. The van der Waals surface area contributed by atoms with Gasteiger partial charge in [0.05, 0.1) is 6.04 Å². The molecule has 0 radical (unpaired) electrons. The minimum absolute atomic E-state index is 0.0909. The molecular formula is C17H30N4O2. The van der Waals surface area contributed by atoms with Gasteiger partial charge in [0.1, 0.15) is 0 Å². The van der Waals surface area contributed by atoms with Crippen molar-refractivity contribution < 1.29 is 9.59 Å². The van der Waals surface area contributed by atoms with Gasteiger partial charge in [-0.05, 0) is 18.8 Å². The Morgan fingerprint density at radius 3 is 2.48 bits per heavy atom. The van der Waals surface area contributed by atoms with Gasteiger partial charge in [0, 0.05) is 65.8 Å². The Balaban J connectivity index is 1.60. The third-order valence-electron chi connectivity index (χ3n) is 5.89. The van der Waals surface area contributed by atoms with Gasteiger partial charge in [-0.2, -0.15) is 0 Å². The average Bonchev–Trinajstić information content (AvgIpc) is 2.93. The second kappa shape index (κ2) is 6.77. The van der Waals surface area contributed by atoms with Crippen LogP contribution in [-0.4, -0.2) is 96.4 Å². The van der Waals surface area contributed by atoms with Crippen molar-refractivity contribution in [3.05, 3.63) is 0 Å². The highest BCUT2D eigenvalue weighted by Gasteiger charge is 2.42. The number of rotatable bonds is 2. The summed E-state index contributed by atoms with van der Waals surface area (Å²) in [7, 11) is 1.91.